The average Bonchev–Trinajstić information content (AvgIpc) is 3.24. The van der Waals surface area contributed by atoms with Crippen molar-refractivity contribution in [3.8, 4) is 0 Å². The maximum Gasteiger partial charge on any atom is 0.256 e. The third kappa shape index (κ3) is 3.94. The molecule has 1 spiro atoms. The summed E-state index contributed by atoms with van der Waals surface area (Å²) in [6.45, 7) is 0.928. The molecule has 34 heavy (non-hydrogen) atoms. The molecule has 5 rings (SSSR count). The molecule has 0 aliphatic carbocycles. The zero-order valence-corrected chi connectivity index (χ0v) is 19.2. The molecule has 2 saturated heterocycles. The number of rotatable bonds is 4. The predicted molar refractivity (Wildman–Crippen MR) is 131 cm³/mol. The lowest BCUT2D eigenvalue weighted by Gasteiger charge is -2.46. The fourth-order valence-corrected chi connectivity index (χ4v) is 5.51. The highest BCUT2D eigenvalue weighted by Crippen LogP contribution is 2.46. The molecule has 0 aromatic heterocycles. The van der Waals surface area contributed by atoms with Crippen LogP contribution in [0.25, 0.3) is 0 Å². The Labute approximate surface area is 199 Å². The molecule has 2 aliphatic rings. The van der Waals surface area contributed by atoms with E-state index in [4.69, 9.17) is 0 Å². The third-order valence-corrected chi connectivity index (χ3v) is 7.33. The largest absolute Gasteiger partial charge is 0.355 e. The molecule has 2 heterocycles. The van der Waals surface area contributed by atoms with Gasteiger partial charge in [0.05, 0.1) is 16.8 Å². The van der Waals surface area contributed by atoms with E-state index in [2.05, 4.69) is 5.32 Å². The van der Waals surface area contributed by atoms with Crippen molar-refractivity contribution in [3.05, 3.63) is 95.8 Å². The lowest BCUT2D eigenvalue weighted by atomic mass is 9.75. The number of hydrogen-bond donors (Lipinski definition) is 1. The molecule has 2 aliphatic heterocycles. The molecule has 0 radical (unpaired) electrons. The Morgan fingerprint density at radius 3 is 2.47 bits per heavy atom. The number of likely N-dealkylation sites (N-methyl/N-ethyl adjacent to an activating group) is 1. The molecule has 3 aromatic rings. The Kier molecular flexibility index (Phi) is 5.82. The standard InChI is InChI=1S/C28H28FN3O2/c1-31-26(33)12-7-17-28(31)19-32(18-24(28)20-13-15-21(29)16-14-20)27(34)23-10-5-6-11-25(23)30-22-8-3-2-4-9-22/h2-6,8-11,13-16,24,30H,7,12,17-19H2,1H3/t24-,28+/m0/s1. The van der Waals surface area contributed by atoms with Crippen molar-refractivity contribution in [2.45, 2.75) is 30.7 Å². The summed E-state index contributed by atoms with van der Waals surface area (Å²) in [6, 6.07) is 23.7. The fourth-order valence-electron chi connectivity index (χ4n) is 5.51. The van der Waals surface area contributed by atoms with Gasteiger partial charge in [-0.3, -0.25) is 9.59 Å². The number of para-hydroxylation sites is 2. The number of halogens is 1. The van der Waals surface area contributed by atoms with Crippen molar-refractivity contribution in [1.29, 1.82) is 0 Å². The molecule has 2 atom stereocenters. The van der Waals surface area contributed by atoms with E-state index in [9.17, 15) is 14.0 Å². The number of nitrogens with one attached hydrogen (secondary N) is 1. The highest BCUT2D eigenvalue weighted by atomic mass is 19.1. The van der Waals surface area contributed by atoms with Gasteiger partial charge in [-0.2, -0.15) is 0 Å². The summed E-state index contributed by atoms with van der Waals surface area (Å²) in [5.41, 5.74) is 2.69. The van der Waals surface area contributed by atoms with Crippen molar-refractivity contribution in [3.63, 3.8) is 0 Å². The molecule has 1 N–H and O–H groups in total. The van der Waals surface area contributed by atoms with Gasteiger partial charge in [-0.05, 0) is 54.8 Å². The SMILES string of the molecule is CN1C(=O)CCC[C@]12CN(C(=O)c1ccccc1Nc1ccccc1)C[C@H]2c1ccc(F)cc1. The van der Waals surface area contributed by atoms with Gasteiger partial charge in [0.2, 0.25) is 5.91 Å². The fraction of sp³-hybridized carbons (Fsp3) is 0.286. The highest BCUT2D eigenvalue weighted by Gasteiger charge is 2.53. The second-order valence-corrected chi connectivity index (χ2v) is 9.24. The Morgan fingerprint density at radius 2 is 1.71 bits per heavy atom. The minimum atomic E-state index is -0.495. The number of nitrogens with zero attached hydrogens (tertiary/aromatic N) is 2. The number of amides is 2. The van der Waals surface area contributed by atoms with Crippen LogP contribution in [0.2, 0.25) is 0 Å². The number of piperidine rings is 1. The van der Waals surface area contributed by atoms with Crippen LogP contribution in [-0.4, -0.2) is 47.3 Å². The maximum absolute atomic E-state index is 13.8. The molecular weight excluding hydrogens is 429 g/mol. The van der Waals surface area contributed by atoms with E-state index in [1.54, 1.807) is 12.1 Å². The quantitative estimate of drug-likeness (QED) is 0.587. The third-order valence-electron chi connectivity index (χ3n) is 7.33. The lowest BCUT2D eigenvalue weighted by molar-refractivity contribution is -0.139. The van der Waals surface area contributed by atoms with Crippen molar-refractivity contribution >= 4 is 23.2 Å². The van der Waals surface area contributed by atoms with Crippen LogP contribution >= 0.6 is 0 Å². The number of carbonyl (C=O) groups excluding carboxylic acids is 2. The summed E-state index contributed by atoms with van der Waals surface area (Å²) < 4.78 is 13.7. The number of likely N-dealkylation sites (tertiary alicyclic amines) is 2. The second kappa shape index (κ2) is 8.93. The average molecular weight is 458 g/mol. The molecule has 2 fully saturated rings. The number of carbonyl (C=O) groups is 2. The first-order valence-electron chi connectivity index (χ1n) is 11.7. The molecule has 0 bridgehead atoms. The van der Waals surface area contributed by atoms with Gasteiger partial charge < -0.3 is 15.1 Å². The van der Waals surface area contributed by atoms with Gasteiger partial charge in [0.15, 0.2) is 0 Å². The van der Waals surface area contributed by atoms with Crippen LogP contribution in [0.1, 0.15) is 41.1 Å². The van der Waals surface area contributed by atoms with Gasteiger partial charge in [-0.25, -0.2) is 4.39 Å². The molecule has 0 unspecified atom stereocenters. The molecule has 5 nitrogen and oxygen atoms in total. The van der Waals surface area contributed by atoms with Crippen molar-refractivity contribution in [2.24, 2.45) is 0 Å². The monoisotopic (exact) mass is 457 g/mol. The van der Waals surface area contributed by atoms with Gasteiger partial charge in [0.25, 0.3) is 5.91 Å². The zero-order chi connectivity index (χ0) is 23.7. The topological polar surface area (TPSA) is 52.7 Å². The van der Waals surface area contributed by atoms with Gasteiger partial charge in [-0.15, -0.1) is 0 Å². The molecular formula is C28H28FN3O2. The van der Waals surface area contributed by atoms with E-state index in [1.807, 2.05) is 71.4 Å². The van der Waals surface area contributed by atoms with E-state index in [0.29, 0.717) is 25.1 Å². The van der Waals surface area contributed by atoms with Crippen LogP contribution < -0.4 is 5.32 Å². The Morgan fingerprint density at radius 1 is 1.00 bits per heavy atom. The van der Waals surface area contributed by atoms with E-state index in [0.717, 1.165) is 29.8 Å². The predicted octanol–water partition coefficient (Wildman–Crippen LogP) is 5.19. The van der Waals surface area contributed by atoms with Gasteiger partial charge in [-0.1, -0.05) is 42.5 Å². The first kappa shape index (κ1) is 22.1. The normalized spacial score (nSPS) is 22.3. The van der Waals surface area contributed by atoms with E-state index in [-0.39, 0.29) is 23.5 Å². The van der Waals surface area contributed by atoms with Gasteiger partial charge >= 0.3 is 0 Å². The molecule has 0 saturated carbocycles. The van der Waals surface area contributed by atoms with Crippen LogP contribution in [0.4, 0.5) is 15.8 Å². The van der Waals surface area contributed by atoms with Crippen LogP contribution in [0.15, 0.2) is 78.9 Å². The van der Waals surface area contributed by atoms with Crippen LogP contribution in [0.3, 0.4) is 0 Å². The summed E-state index contributed by atoms with van der Waals surface area (Å²) in [5, 5.41) is 3.36. The molecule has 174 valence electrons. The zero-order valence-electron chi connectivity index (χ0n) is 19.2. The van der Waals surface area contributed by atoms with E-state index in [1.165, 1.54) is 12.1 Å². The summed E-state index contributed by atoms with van der Waals surface area (Å²) in [5.74, 6) is -0.355. The van der Waals surface area contributed by atoms with E-state index >= 15 is 0 Å². The van der Waals surface area contributed by atoms with Crippen LogP contribution in [0.5, 0.6) is 0 Å². The summed E-state index contributed by atoms with van der Waals surface area (Å²) in [6.07, 6.45) is 2.12. The van der Waals surface area contributed by atoms with Crippen LogP contribution in [-0.2, 0) is 4.79 Å². The van der Waals surface area contributed by atoms with Crippen molar-refractivity contribution in [1.82, 2.24) is 9.80 Å². The van der Waals surface area contributed by atoms with Gasteiger partial charge in [0, 0.05) is 38.2 Å². The Balaban J connectivity index is 1.49. The summed E-state index contributed by atoms with van der Waals surface area (Å²) >= 11 is 0. The van der Waals surface area contributed by atoms with Crippen molar-refractivity contribution < 1.29 is 14.0 Å². The Bertz CT molecular complexity index is 1200. The summed E-state index contributed by atoms with van der Waals surface area (Å²) in [4.78, 5) is 30.3. The minimum absolute atomic E-state index is 0.0746. The minimum Gasteiger partial charge on any atom is -0.355 e. The highest BCUT2D eigenvalue weighted by molar-refractivity contribution is 6.00. The maximum atomic E-state index is 13.8. The van der Waals surface area contributed by atoms with Crippen molar-refractivity contribution in [2.75, 3.05) is 25.5 Å². The number of anilines is 2. The number of benzene rings is 3. The molecule has 6 heteroatoms. The molecule has 2 amide bonds. The first-order valence-corrected chi connectivity index (χ1v) is 11.7. The Hall–Kier alpha value is -3.67. The van der Waals surface area contributed by atoms with Gasteiger partial charge in [0.1, 0.15) is 5.82 Å². The molecule has 3 aromatic carbocycles. The van der Waals surface area contributed by atoms with E-state index < -0.39 is 5.54 Å². The van der Waals surface area contributed by atoms with Crippen LogP contribution in [0, 0.1) is 5.82 Å². The smallest absolute Gasteiger partial charge is 0.256 e. The number of hydrogen-bond acceptors (Lipinski definition) is 3. The lowest BCUT2D eigenvalue weighted by Crippen LogP contribution is -2.57. The summed E-state index contributed by atoms with van der Waals surface area (Å²) in [7, 11) is 1.84. The second-order valence-electron chi connectivity index (χ2n) is 9.24. The first-order chi connectivity index (χ1) is 16.5.